The fraction of sp³-hybridized carbons (Fsp3) is 0.500. The molecule has 130 valence electrons. The SMILES string of the molecule is O=C(c1ccc(Cl)cc1Cl)N1CCN(C(=O)C2COCCN2)CC1. The molecular formula is C16H19Cl2N3O3. The highest BCUT2D eigenvalue weighted by atomic mass is 35.5. The Balaban J connectivity index is 1.58. The van der Waals surface area contributed by atoms with Crippen molar-refractivity contribution in [2.24, 2.45) is 0 Å². The minimum atomic E-state index is -0.285. The minimum Gasteiger partial charge on any atom is -0.378 e. The maximum atomic E-state index is 12.6. The highest BCUT2D eigenvalue weighted by Crippen LogP contribution is 2.23. The maximum absolute atomic E-state index is 12.6. The van der Waals surface area contributed by atoms with Crippen LogP contribution in [0.25, 0.3) is 0 Å². The summed E-state index contributed by atoms with van der Waals surface area (Å²) in [7, 11) is 0. The first kappa shape index (κ1) is 17.5. The molecule has 0 radical (unpaired) electrons. The predicted octanol–water partition coefficient (Wildman–Crippen LogP) is 1.27. The van der Waals surface area contributed by atoms with E-state index in [2.05, 4.69) is 5.32 Å². The zero-order chi connectivity index (χ0) is 17.1. The molecule has 6 nitrogen and oxygen atoms in total. The largest absolute Gasteiger partial charge is 0.378 e. The number of halogens is 2. The summed E-state index contributed by atoms with van der Waals surface area (Å²) in [5.74, 6) is -0.103. The van der Waals surface area contributed by atoms with Crippen LogP contribution >= 0.6 is 23.2 Å². The lowest BCUT2D eigenvalue weighted by molar-refractivity contribution is -0.137. The molecule has 1 aromatic rings. The molecule has 1 N–H and O–H groups in total. The molecule has 2 heterocycles. The Morgan fingerprint density at radius 2 is 1.83 bits per heavy atom. The molecule has 2 aliphatic rings. The molecule has 1 atom stereocenters. The molecule has 2 amide bonds. The van der Waals surface area contributed by atoms with Crippen molar-refractivity contribution in [3.63, 3.8) is 0 Å². The zero-order valence-corrected chi connectivity index (χ0v) is 14.6. The Labute approximate surface area is 150 Å². The Morgan fingerprint density at radius 1 is 1.12 bits per heavy atom. The Hall–Kier alpha value is -1.34. The third-order valence-corrected chi connectivity index (χ3v) is 4.81. The van der Waals surface area contributed by atoms with E-state index in [1.54, 1.807) is 28.0 Å². The molecule has 2 aliphatic heterocycles. The van der Waals surface area contributed by atoms with Gasteiger partial charge in [0.1, 0.15) is 6.04 Å². The number of rotatable bonds is 2. The van der Waals surface area contributed by atoms with E-state index in [9.17, 15) is 9.59 Å². The van der Waals surface area contributed by atoms with Crippen LogP contribution in [0.3, 0.4) is 0 Å². The van der Waals surface area contributed by atoms with Crippen molar-refractivity contribution in [1.82, 2.24) is 15.1 Å². The monoisotopic (exact) mass is 371 g/mol. The van der Waals surface area contributed by atoms with Crippen molar-refractivity contribution in [3.05, 3.63) is 33.8 Å². The van der Waals surface area contributed by atoms with E-state index >= 15 is 0 Å². The highest BCUT2D eigenvalue weighted by molar-refractivity contribution is 6.36. The van der Waals surface area contributed by atoms with Gasteiger partial charge in [-0.25, -0.2) is 0 Å². The number of nitrogens with one attached hydrogen (secondary N) is 1. The van der Waals surface area contributed by atoms with Crippen molar-refractivity contribution < 1.29 is 14.3 Å². The molecule has 2 saturated heterocycles. The van der Waals surface area contributed by atoms with Crippen LogP contribution in [-0.4, -0.2) is 73.6 Å². The summed E-state index contributed by atoms with van der Waals surface area (Å²) in [5.41, 5.74) is 0.434. The average Bonchev–Trinajstić information content (AvgIpc) is 2.61. The molecule has 1 unspecified atom stereocenters. The van der Waals surface area contributed by atoms with Crippen LogP contribution in [0.2, 0.25) is 10.0 Å². The molecular weight excluding hydrogens is 353 g/mol. The maximum Gasteiger partial charge on any atom is 0.255 e. The average molecular weight is 372 g/mol. The Kier molecular flexibility index (Phi) is 5.61. The summed E-state index contributed by atoms with van der Waals surface area (Å²) in [6.07, 6.45) is 0. The molecule has 0 aromatic heterocycles. The molecule has 1 aromatic carbocycles. The number of piperazine rings is 1. The lowest BCUT2D eigenvalue weighted by atomic mass is 10.1. The van der Waals surface area contributed by atoms with Gasteiger partial charge in [-0.15, -0.1) is 0 Å². The first-order valence-corrected chi connectivity index (χ1v) is 8.66. The van der Waals surface area contributed by atoms with Gasteiger partial charge in [0.2, 0.25) is 5.91 Å². The van der Waals surface area contributed by atoms with E-state index in [4.69, 9.17) is 27.9 Å². The predicted molar refractivity (Wildman–Crippen MR) is 91.6 cm³/mol. The van der Waals surface area contributed by atoms with Gasteiger partial charge in [-0.3, -0.25) is 9.59 Å². The van der Waals surface area contributed by atoms with Gasteiger partial charge in [-0.2, -0.15) is 0 Å². The summed E-state index contributed by atoms with van der Waals surface area (Å²) in [4.78, 5) is 28.5. The quantitative estimate of drug-likeness (QED) is 0.850. The molecule has 0 bridgehead atoms. The van der Waals surface area contributed by atoms with Gasteiger partial charge in [0.25, 0.3) is 5.91 Å². The van der Waals surface area contributed by atoms with Gasteiger partial charge < -0.3 is 19.9 Å². The summed E-state index contributed by atoms with van der Waals surface area (Å²) < 4.78 is 5.33. The van der Waals surface area contributed by atoms with Gasteiger partial charge in [-0.1, -0.05) is 23.2 Å². The van der Waals surface area contributed by atoms with E-state index < -0.39 is 0 Å². The summed E-state index contributed by atoms with van der Waals surface area (Å²) in [5, 5.41) is 4.00. The van der Waals surface area contributed by atoms with Crippen LogP contribution in [0.5, 0.6) is 0 Å². The van der Waals surface area contributed by atoms with Crippen molar-refractivity contribution in [1.29, 1.82) is 0 Å². The number of carbonyl (C=O) groups is 2. The summed E-state index contributed by atoms with van der Waals surface area (Å²) in [6.45, 7) is 3.70. The number of hydrogen-bond donors (Lipinski definition) is 1. The second-order valence-corrected chi connectivity index (χ2v) is 6.67. The van der Waals surface area contributed by atoms with Crippen molar-refractivity contribution in [2.75, 3.05) is 45.9 Å². The summed E-state index contributed by atoms with van der Waals surface area (Å²) in [6, 6.07) is 4.56. The highest BCUT2D eigenvalue weighted by Gasteiger charge is 2.30. The molecule has 0 saturated carbocycles. The number of nitrogens with zero attached hydrogens (tertiary/aromatic N) is 2. The molecule has 0 aliphatic carbocycles. The van der Waals surface area contributed by atoms with E-state index in [1.165, 1.54) is 0 Å². The smallest absolute Gasteiger partial charge is 0.255 e. The van der Waals surface area contributed by atoms with Crippen molar-refractivity contribution >= 4 is 35.0 Å². The van der Waals surface area contributed by atoms with Crippen LogP contribution in [0.1, 0.15) is 10.4 Å². The van der Waals surface area contributed by atoms with E-state index in [-0.39, 0.29) is 17.9 Å². The molecule has 0 spiro atoms. The number of amides is 2. The number of benzene rings is 1. The fourth-order valence-electron chi connectivity index (χ4n) is 2.91. The third-order valence-electron chi connectivity index (χ3n) is 4.26. The first-order valence-electron chi connectivity index (χ1n) is 7.90. The second-order valence-electron chi connectivity index (χ2n) is 5.82. The standard InChI is InChI=1S/C16H19Cl2N3O3/c17-11-1-2-12(13(18)9-11)15(22)20-4-6-21(7-5-20)16(23)14-10-24-8-3-19-14/h1-2,9,14,19H,3-8,10H2. The molecule has 24 heavy (non-hydrogen) atoms. The van der Waals surface area contributed by atoms with E-state index in [0.29, 0.717) is 61.5 Å². The van der Waals surface area contributed by atoms with E-state index in [1.807, 2.05) is 0 Å². The first-order chi connectivity index (χ1) is 11.6. The number of morpholine rings is 1. The number of ether oxygens (including phenoxy) is 1. The lowest BCUT2D eigenvalue weighted by Crippen LogP contribution is -2.57. The lowest BCUT2D eigenvalue weighted by Gasteiger charge is -2.37. The summed E-state index contributed by atoms with van der Waals surface area (Å²) >= 11 is 12.0. The van der Waals surface area contributed by atoms with Crippen molar-refractivity contribution in [2.45, 2.75) is 6.04 Å². The fourth-order valence-corrected chi connectivity index (χ4v) is 3.40. The van der Waals surface area contributed by atoms with Crippen LogP contribution in [-0.2, 0) is 9.53 Å². The van der Waals surface area contributed by atoms with Gasteiger partial charge >= 0.3 is 0 Å². The van der Waals surface area contributed by atoms with Crippen LogP contribution in [0.15, 0.2) is 18.2 Å². The van der Waals surface area contributed by atoms with Gasteiger partial charge in [0.05, 0.1) is 23.8 Å². The Bertz CT molecular complexity index is 627. The second kappa shape index (κ2) is 7.70. The minimum absolute atomic E-state index is 0.0336. The Morgan fingerprint density at radius 3 is 2.46 bits per heavy atom. The van der Waals surface area contributed by atoms with E-state index in [0.717, 1.165) is 0 Å². The van der Waals surface area contributed by atoms with Gasteiger partial charge in [0, 0.05) is 37.7 Å². The van der Waals surface area contributed by atoms with Gasteiger partial charge in [0.15, 0.2) is 0 Å². The van der Waals surface area contributed by atoms with Crippen LogP contribution in [0.4, 0.5) is 0 Å². The normalized spacial score (nSPS) is 21.7. The van der Waals surface area contributed by atoms with Gasteiger partial charge in [-0.05, 0) is 18.2 Å². The topological polar surface area (TPSA) is 61.9 Å². The zero-order valence-electron chi connectivity index (χ0n) is 13.1. The molecule has 2 fully saturated rings. The van der Waals surface area contributed by atoms with Crippen LogP contribution in [0, 0.1) is 0 Å². The molecule has 8 heteroatoms. The third kappa shape index (κ3) is 3.83. The van der Waals surface area contributed by atoms with Crippen LogP contribution < -0.4 is 5.32 Å². The number of hydrogen-bond acceptors (Lipinski definition) is 4. The molecule has 3 rings (SSSR count). The number of carbonyl (C=O) groups excluding carboxylic acids is 2. The van der Waals surface area contributed by atoms with Crippen molar-refractivity contribution in [3.8, 4) is 0 Å².